The SMILES string of the molecule is Cc1noc(NS(=O)(=O)c2ccccc2-c2ccc(-c3ncco3)cc2-c2cnco2)c1C. The summed E-state index contributed by atoms with van der Waals surface area (Å²) in [5.74, 6) is 0.985. The highest BCUT2D eigenvalue weighted by molar-refractivity contribution is 7.92. The van der Waals surface area contributed by atoms with Crippen LogP contribution in [0, 0.1) is 13.8 Å². The van der Waals surface area contributed by atoms with E-state index in [1.807, 2.05) is 12.1 Å². The molecule has 5 rings (SSSR count). The molecule has 0 saturated carbocycles. The van der Waals surface area contributed by atoms with Gasteiger partial charge in [-0.05, 0) is 37.6 Å². The van der Waals surface area contributed by atoms with E-state index in [-0.39, 0.29) is 10.8 Å². The smallest absolute Gasteiger partial charge is 0.264 e. The van der Waals surface area contributed by atoms with Crippen LogP contribution in [-0.4, -0.2) is 23.5 Å². The lowest BCUT2D eigenvalue weighted by Gasteiger charge is -2.14. The molecule has 3 heterocycles. The first kappa shape index (κ1) is 20.7. The summed E-state index contributed by atoms with van der Waals surface area (Å²) in [5.41, 5.74) is 3.68. The van der Waals surface area contributed by atoms with Gasteiger partial charge in [-0.3, -0.25) is 0 Å². The van der Waals surface area contributed by atoms with Crippen molar-refractivity contribution in [2.45, 2.75) is 18.7 Å². The molecule has 0 atom stereocenters. The number of aromatic nitrogens is 3. The van der Waals surface area contributed by atoms with E-state index in [0.717, 1.165) is 0 Å². The maximum atomic E-state index is 13.3. The number of sulfonamides is 1. The first-order valence-corrected chi connectivity index (χ1v) is 11.4. The minimum absolute atomic E-state index is 0.0723. The van der Waals surface area contributed by atoms with Crippen molar-refractivity contribution < 1.29 is 21.8 Å². The standard InChI is InChI=1S/C23H18N4O5S/c1-14-15(2)26-32-22(14)27-33(28,29)21-6-4-3-5-18(21)17-8-7-16(23-25-9-10-30-23)11-19(17)20-12-24-13-31-20/h3-13,27H,1-2H3. The first-order valence-electron chi connectivity index (χ1n) is 9.92. The normalized spacial score (nSPS) is 11.6. The van der Waals surface area contributed by atoms with Crippen LogP contribution in [0.5, 0.6) is 0 Å². The molecule has 0 spiro atoms. The van der Waals surface area contributed by atoms with Crippen LogP contribution >= 0.6 is 0 Å². The molecule has 0 fully saturated rings. The van der Waals surface area contributed by atoms with E-state index in [0.29, 0.717) is 45.2 Å². The molecule has 2 aromatic carbocycles. The Bertz CT molecular complexity index is 1520. The minimum Gasteiger partial charge on any atom is -0.445 e. The summed E-state index contributed by atoms with van der Waals surface area (Å²) in [6, 6.07) is 12.1. The molecule has 0 radical (unpaired) electrons. The molecule has 33 heavy (non-hydrogen) atoms. The summed E-state index contributed by atoms with van der Waals surface area (Å²) < 4.78 is 45.3. The number of oxazole rings is 2. The van der Waals surface area contributed by atoms with Gasteiger partial charge in [-0.15, -0.1) is 0 Å². The molecule has 0 aliphatic rings. The van der Waals surface area contributed by atoms with Gasteiger partial charge in [-0.1, -0.05) is 29.4 Å². The molecule has 166 valence electrons. The van der Waals surface area contributed by atoms with Gasteiger partial charge in [0.25, 0.3) is 10.0 Å². The number of nitrogens with zero attached hydrogens (tertiary/aromatic N) is 3. The fraction of sp³-hybridized carbons (Fsp3) is 0.0870. The number of benzene rings is 2. The zero-order chi connectivity index (χ0) is 23.0. The third kappa shape index (κ3) is 3.80. The average Bonchev–Trinajstić information content (AvgIpc) is 3.59. The van der Waals surface area contributed by atoms with E-state index < -0.39 is 10.0 Å². The Hall–Kier alpha value is -4.18. The van der Waals surface area contributed by atoms with Crippen LogP contribution in [0.1, 0.15) is 11.3 Å². The van der Waals surface area contributed by atoms with E-state index in [9.17, 15) is 8.42 Å². The van der Waals surface area contributed by atoms with E-state index in [1.165, 1.54) is 18.7 Å². The van der Waals surface area contributed by atoms with Crippen molar-refractivity contribution in [3.05, 3.63) is 78.8 Å². The van der Waals surface area contributed by atoms with Crippen molar-refractivity contribution >= 4 is 15.9 Å². The molecule has 1 N–H and O–H groups in total. The van der Waals surface area contributed by atoms with Gasteiger partial charge in [0.05, 0.1) is 23.0 Å². The quantitative estimate of drug-likeness (QED) is 0.371. The van der Waals surface area contributed by atoms with Crippen LogP contribution in [0.4, 0.5) is 5.88 Å². The number of hydrogen-bond donors (Lipinski definition) is 1. The van der Waals surface area contributed by atoms with Crippen molar-refractivity contribution in [2.24, 2.45) is 0 Å². The highest BCUT2D eigenvalue weighted by atomic mass is 32.2. The maximum Gasteiger partial charge on any atom is 0.264 e. The molecular weight excluding hydrogens is 444 g/mol. The molecule has 3 aromatic heterocycles. The fourth-order valence-corrected chi connectivity index (χ4v) is 4.71. The second kappa shape index (κ2) is 8.06. The Morgan fingerprint density at radius 2 is 1.82 bits per heavy atom. The highest BCUT2D eigenvalue weighted by Gasteiger charge is 2.24. The van der Waals surface area contributed by atoms with Crippen molar-refractivity contribution in [3.63, 3.8) is 0 Å². The number of nitrogens with one attached hydrogen (secondary N) is 1. The van der Waals surface area contributed by atoms with E-state index in [1.54, 1.807) is 50.5 Å². The van der Waals surface area contributed by atoms with Crippen LogP contribution < -0.4 is 4.72 Å². The van der Waals surface area contributed by atoms with Crippen LogP contribution in [0.2, 0.25) is 0 Å². The van der Waals surface area contributed by atoms with Crippen LogP contribution in [0.25, 0.3) is 33.9 Å². The Kier molecular flexibility index (Phi) is 5.06. The van der Waals surface area contributed by atoms with Crippen LogP contribution in [0.3, 0.4) is 0 Å². The molecular formula is C23H18N4O5S. The van der Waals surface area contributed by atoms with Crippen molar-refractivity contribution in [1.82, 2.24) is 15.1 Å². The van der Waals surface area contributed by atoms with Gasteiger partial charge < -0.3 is 13.4 Å². The molecule has 0 aliphatic heterocycles. The lowest BCUT2D eigenvalue weighted by Crippen LogP contribution is -2.14. The van der Waals surface area contributed by atoms with Crippen LogP contribution in [0.15, 0.2) is 85.8 Å². The summed E-state index contributed by atoms with van der Waals surface area (Å²) in [6.07, 6.45) is 5.92. The number of hydrogen-bond acceptors (Lipinski definition) is 8. The van der Waals surface area contributed by atoms with Crippen LogP contribution in [-0.2, 0) is 10.0 Å². The topological polar surface area (TPSA) is 124 Å². The Morgan fingerprint density at radius 1 is 0.970 bits per heavy atom. The monoisotopic (exact) mass is 462 g/mol. The average molecular weight is 462 g/mol. The van der Waals surface area contributed by atoms with Gasteiger partial charge >= 0.3 is 0 Å². The molecule has 9 nitrogen and oxygen atoms in total. The Balaban J connectivity index is 1.66. The third-order valence-electron chi connectivity index (χ3n) is 5.25. The molecule has 5 aromatic rings. The number of rotatable bonds is 6. The summed E-state index contributed by atoms with van der Waals surface area (Å²) >= 11 is 0. The van der Waals surface area contributed by atoms with E-state index >= 15 is 0 Å². The Morgan fingerprint density at radius 3 is 2.52 bits per heavy atom. The Labute approximate surface area is 189 Å². The van der Waals surface area contributed by atoms with E-state index in [4.69, 9.17) is 13.4 Å². The van der Waals surface area contributed by atoms with Gasteiger partial charge in [0.15, 0.2) is 12.2 Å². The second-order valence-corrected chi connectivity index (χ2v) is 8.94. The van der Waals surface area contributed by atoms with Gasteiger partial charge in [0.1, 0.15) is 6.26 Å². The molecule has 0 amide bonds. The van der Waals surface area contributed by atoms with Crippen molar-refractivity contribution in [1.29, 1.82) is 0 Å². The maximum absolute atomic E-state index is 13.3. The largest absolute Gasteiger partial charge is 0.445 e. The van der Waals surface area contributed by atoms with Crippen molar-refractivity contribution in [2.75, 3.05) is 4.72 Å². The van der Waals surface area contributed by atoms with E-state index in [2.05, 4.69) is 19.8 Å². The fourth-order valence-electron chi connectivity index (χ4n) is 3.44. The summed E-state index contributed by atoms with van der Waals surface area (Å²) in [5, 5.41) is 3.82. The predicted molar refractivity (Wildman–Crippen MR) is 120 cm³/mol. The van der Waals surface area contributed by atoms with Gasteiger partial charge in [-0.25, -0.2) is 23.1 Å². The lowest BCUT2D eigenvalue weighted by atomic mass is 9.96. The number of aryl methyl sites for hydroxylation is 1. The molecule has 0 aliphatic carbocycles. The van der Waals surface area contributed by atoms with Crippen molar-refractivity contribution in [3.8, 4) is 33.9 Å². The summed E-state index contributed by atoms with van der Waals surface area (Å²) in [7, 11) is -4.00. The molecule has 0 saturated heterocycles. The van der Waals surface area contributed by atoms with Gasteiger partial charge in [0.2, 0.25) is 11.8 Å². The third-order valence-corrected chi connectivity index (χ3v) is 6.64. The zero-order valence-electron chi connectivity index (χ0n) is 17.6. The molecule has 0 bridgehead atoms. The zero-order valence-corrected chi connectivity index (χ0v) is 18.5. The lowest BCUT2D eigenvalue weighted by molar-refractivity contribution is 0.430. The first-order chi connectivity index (χ1) is 15.9. The minimum atomic E-state index is -4.00. The summed E-state index contributed by atoms with van der Waals surface area (Å²) in [6.45, 7) is 3.47. The van der Waals surface area contributed by atoms with Gasteiger partial charge in [-0.2, -0.15) is 0 Å². The second-order valence-electron chi connectivity index (χ2n) is 7.29. The molecule has 10 heteroatoms. The summed E-state index contributed by atoms with van der Waals surface area (Å²) in [4.78, 5) is 8.27. The predicted octanol–water partition coefficient (Wildman–Crippen LogP) is 5.07. The van der Waals surface area contributed by atoms with Gasteiger partial charge in [0, 0.05) is 22.3 Å². The molecule has 0 unspecified atom stereocenters. The number of anilines is 1. The highest BCUT2D eigenvalue weighted by Crippen LogP contribution is 2.38.